The fourth-order valence-corrected chi connectivity index (χ4v) is 1.30. The number of aromatic nitrogens is 1. The van der Waals surface area contributed by atoms with E-state index >= 15 is 0 Å². The monoisotopic (exact) mass is 217 g/mol. The number of hydrogen-bond acceptors (Lipinski definition) is 4. The maximum absolute atomic E-state index is 11.0. The highest BCUT2D eigenvalue weighted by Crippen LogP contribution is 2.11. The van der Waals surface area contributed by atoms with Gasteiger partial charge >= 0.3 is 0 Å². The molecule has 7 heteroatoms. The molecule has 1 rings (SSSR count). The molecule has 1 heterocycles. The first-order chi connectivity index (χ1) is 6.57. The summed E-state index contributed by atoms with van der Waals surface area (Å²) in [6.45, 7) is 0. The molecule has 1 aromatic rings. The van der Waals surface area contributed by atoms with Crippen molar-refractivity contribution < 1.29 is 13.2 Å². The second-order valence-corrected chi connectivity index (χ2v) is 4.02. The van der Waals surface area contributed by atoms with Crippen LogP contribution in [0.1, 0.15) is 0 Å². The van der Waals surface area contributed by atoms with E-state index in [9.17, 15) is 8.42 Å². The molecule has 78 valence electrons. The molecule has 0 unspecified atom stereocenters. The van der Waals surface area contributed by atoms with Crippen molar-refractivity contribution in [1.29, 1.82) is 0 Å². The maximum Gasteiger partial charge on any atom is 0.298 e. The highest BCUT2D eigenvalue weighted by Gasteiger charge is 2.05. The molecular weight excluding hydrogens is 206 g/mol. The van der Waals surface area contributed by atoms with Gasteiger partial charge in [0.1, 0.15) is 0 Å². The van der Waals surface area contributed by atoms with E-state index in [2.05, 4.69) is 14.4 Å². The van der Waals surface area contributed by atoms with Crippen LogP contribution in [0.15, 0.2) is 18.3 Å². The van der Waals surface area contributed by atoms with Crippen LogP contribution in [0, 0.1) is 0 Å². The van der Waals surface area contributed by atoms with Crippen molar-refractivity contribution in [1.82, 2.24) is 9.71 Å². The van der Waals surface area contributed by atoms with Crippen LogP contribution in [0.5, 0.6) is 5.88 Å². The molecule has 0 aromatic carbocycles. The van der Waals surface area contributed by atoms with Crippen LogP contribution in [0.25, 0.3) is 0 Å². The van der Waals surface area contributed by atoms with Gasteiger partial charge in [0.05, 0.1) is 19.0 Å². The van der Waals surface area contributed by atoms with E-state index in [0.29, 0.717) is 11.6 Å². The predicted octanol–water partition coefficient (Wildman–Crippen LogP) is -0.0337. The molecule has 2 N–H and O–H groups in total. The number of anilines is 1. The number of ether oxygens (including phenoxy) is 1. The lowest BCUT2D eigenvalue weighted by Gasteiger charge is -2.05. The summed E-state index contributed by atoms with van der Waals surface area (Å²) in [6, 6.07) is 3.12. The topological polar surface area (TPSA) is 80.3 Å². The van der Waals surface area contributed by atoms with Crippen LogP contribution >= 0.6 is 0 Å². The molecule has 0 saturated carbocycles. The van der Waals surface area contributed by atoms with Gasteiger partial charge < -0.3 is 4.74 Å². The number of hydrogen-bond donors (Lipinski definition) is 2. The standard InChI is InChI=1S/C7H11N3O3S/c1-8-14(11,12)10-6-3-4-7(13-2)9-5-6/h3-5,8,10H,1-2H3. The first kappa shape index (κ1) is 10.7. The summed E-state index contributed by atoms with van der Waals surface area (Å²) in [5.74, 6) is 0.428. The second-order valence-electron chi connectivity index (χ2n) is 2.40. The highest BCUT2D eigenvalue weighted by atomic mass is 32.2. The Labute approximate surface area is 82.5 Å². The summed E-state index contributed by atoms with van der Waals surface area (Å²) >= 11 is 0. The normalized spacial score (nSPS) is 11.0. The lowest BCUT2D eigenvalue weighted by molar-refractivity contribution is 0.398. The maximum atomic E-state index is 11.0. The predicted molar refractivity (Wildman–Crippen MR) is 52.4 cm³/mol. The second kappa shape index (κ2) is 4.25. The Bertz CT molecular complexity index is 387. The van der Waals surface area contributed by atoms with Gasteiger partial charge in [-0.05, 0) is 6.07 Å². The van der Waals surface area contributed by atoms with Crippen LogP contribution in [-0.2, 0) is 10.2 Å². The van der Waals surface area contributed by atoms with Crippen LogP contribution in [0.3, 0.4) is 0 Å². The number of rotatable bonds is 4. The molecule has 14 heavy (non-hydrogen) atoms. The minimum absolute atomic E-state index is 0.375. The van der Waals surface area contributed by atoms with Gasteiger partial charge in [-0.1, -0.05) is 0 Å². The molecule has 0 aliphatic rings. The van der Waals surface area contributed by atoms with E-state index in [1.807, 2.05) is 0 Å². The number of methoxy groups -OCH3 is 1. The third kappa shape index (κ3) is 2.86. The molecule has 0 aliphatic heterocycles. The average Bonchev–Trinajstić information content (AvgIpc) is 2.19. The van der Waals surface area contributed by atoms with E-state index in [1.54, 1.807) is 12.1 Å². The SMILES string of the molecule is CNS(=O)(=O)Nc1ccc(OC)nc1. The number of pyridine rings is 1. The largest absolute Gasteiger partial charge is 0.481 e. The third-order valence-corrected chi connectivity index (χ3v) is 2.51. The summed E-state index contributed by atoms with van der Waals surface area (Å²) in [7, 11) is -0.668. The zero-order chi connectivity index (χ0) is 10.6. The molecule has 0 spiro atoms. The van der Waals surface area contributed by atoms with Gasteiger partial charge in [-0.15, -0.1) is 0 Å². The van der Waals surface area contributed by atoms with Crippen LogP contribution in [-0.4, -0.2) is 27.6 Å². The molecule has 6 nitrogen and oxygen atoms in total. The third-order valence-electron chi connectivity index (χ3n) is 1.47. The molecule has 0 saturated heterocycles. The van der Waals surface area contributed by atoms with E-state index in [1.165, 1.54) is 20.4 Å². The minimum atomic E-state index is -3.47. The van der Waals surface area contributed by atoms with E-state index in [4.69, 9.17) is 4.74 Å². The Hall–Kier alpha value is -1.34. The quantitative estimate of drug-likeness (QED) is 0.742. The lowest BCUT2D eigenvalue weighted by Crippen LogP contribution is -2.26. The van der Waals surface area contributed by atoms with Crippen molar-refractivity contribution in [3.05, 3.63) is 18.3 Å². The van der Waals surface area contributed by atoms with Gasteiger partial charge in [-0.25, -0.2) is 9.71 Å². The van der Waals surface area contributed by atoms with Crippen molar-refractivity contribution >= 4 is 15.9 Å². The molecule has 0 amide bonds. The Balaban J connectivity index is 2.79. The number of nitrogens with one attached hydrogen (secondary N) is 2. The van der Waals surface area contributed by atoms with E-state index in [0.717, 1.165) is 0 Å². The van der Waals surface area contributed by atoms with Crippen molar-refractivity contribution in [3.63, 3.8) is 0 Å². The lowest BCUT2D eigenvalue weighted by atomic mass is 10.4. The molecule has 0 atom stereocenters. The Morgan fingerprint density at radius 2 is 2.14 bits per heavy atom. The van der Waals surface area contributed by atoms with Gasteiger partial charge in [-0.3, -0.25) is 4.72 Å². The zero-order valence-corrected chi connectivity index (χ0v) is 8.63. The molecule has 0 bridgehead atoms. The zero-order valence-electron chi connectivity index (χ0n) is 7.81. The van der Waals surface area contributed by atoms with E-state index in [-0.39, 0.29) is 0 Å². The first-order valence-electron chi connectivity index (χ1n) is 3.79. The summed E-state index contributed by atoms with van der Waals surface area (Å²) in [5.41, 5.74) is 0.375. The molecule has 1 aromatic heterocycles. The molecular formula is C7H11N3O3S. The Kier molecular flexibility index (Phi) is 3.26. The molecule has 0 fully saturated rings. The average molecular weight is 217 g/mol. The molecule has 0 aliphatic carbocycles. The van der Waals surface area contributed by atoms with Gasteiger partial charge in [-0.2, -0.15) is 8.42 Å². The fourth-order valence-electron chi connectivity index (χ4n) is 0.768. The smallest absolute Gasteiger partial charge is 0.298 e. The van der Waals surface area contributed by atoms with Crippen molar-refractivity contribution in [2.24, 2.45) is 0 Å². The van der Waals surface area contributed by atoms with Gasteiger partial charge in [0.2, 0.25) is 5.88 Å². The van der Waals surface area contributed by atoms with Gasteiger partial charge in [0, 0.05) is 13.1 Å². The minimum Gasteiger partial charge on any atom is -0.481 e. The van der Waals surface area contributed by atoms with Crippen molar-refractivity contribution in [2.45, 2.75) is 0 Å². The molecule has 0 radical (unpaired) electrons. The van der Waals surface area contributed by atoms with Crippen molar-refractivity contribution in [3.8, 4) is 5.88 Å². The Morgan fingerprint density at radius 3 is 2.57 bits per heavy atom. The first-order valence-corrected chi connectivity index (χ1v) is 5.27. The van der Waals surface area contributed by atoms with Gasteiger partial charge in [0.25, 0.3) is 10.2 Å². The summed E-state index contributed by atoms with van der Waals surface area (Å²) < 4.78 is 31.3. The highest BCUT2D eigenvalue weighted by molar-refractivity contribution is 7.90. The van der Waals surface area contributed by atoms with Crippen LogP contribution < -0.4 is 14.2 Å². The Morgan fingerprint density at radius 1 is 1.43 bits per heavy atom. The fraction of sp³-hybridized carbons (Fsp3) is 0.286. The van der Waals surface area contributed by atoms with Crippen LogP contribution in [0.2, 0.25) is 0 Å². The summed E-state index contributed by atoms with van der Waals surface area (Å²) in [4.78, 5) is 3.84. The van der Waals surface area contributed by atoms with Gasteiger partial charge in [0.15, 0.2) is 0 Å². The summed E-state index contributed by atoms with van der Waals surface area (Å²) in [5, 5.41) is 0. The summed E-state index contributed by atoms with van der Waals surface area (Å²) in [6.07, 6.45) is 1.37. The van der Waals surface area contributed by atoms with Crippen LogP contribution in [0.4, 0.5) is 5.69 Å². The van der Waals surface area contributed by atoms with E-state index < -0.39 is 10.2 Å². The van der Waals surface area contributed by atoms with Crippen molar-refractivity contribution in [2.75, 3.05) is 18.9 Å². The number of nitrogens with zero attached hydrogens (tertiary/aromatic N) is 1.